The van der Waals surface area contributed by atoms with E-state index in [9.17, 15) is 32.8 Å². The number of para-hydroxylation sites is 1. The lowest BCUT2D eigenvalue weighted by Gasteiger charge is -2.36. The van der Waals surface area contributed by atoms with Crippen molar-refractivity contribution in [3.05, 3.63) is 70.8 Å². The molecule has 4 atom stereocenters. The molecule has 2 aromatic rings. The first-order valence-electron chi connectivity index (χ1n) is 14.7. The van der Waals surface area contributed by atoms with E-state index in [1.165, 1.54) is 18.2 Å². The molecule has 0 radical (unpaired) electrons. The number of nitrogens with one attached hydrogen (secondary N) is 2. The van der Waals surface area contributed by atoms with Crippen LogP contribution in [0.2, 0.25) is 0 Å². The Balaban J connectivity index is 1.52. The van der Waals surface area contributed by atoms with Gasteiger partial charge < -0.3 is 36.2 Å². The normalized spacial score (nSPS) is 20.8. The highest BCUT2D eigenvalue weighted by Gasteiger charge is 2.50. The van der Waals surface area contributed by atoms with Gasteiger partial charge in [0.25, 0.3) is 0 Å². The van der Waals surface area contributed by atoms with Gasteiger partial charge in [-0.05, 0) is 54.4 Å². The Labute approximate surface area is 260 Å². The lowest BCUT2D eigenvalue weighted by molar-refractivity contribution is -0.124. The highest BCUT2D eigenvalue weighted by atomic mass is 31.2. The summed E-state index contributed by atoms with van der Waals surface area (Å²) in [5, 5.41) is 17.5. The number of aliphatic hydroxyl groups excluding tert-OH is 1. The number of primary amides is 1. The smallest absolute Gasteiger partial charge is 0.371 e. The third-order valence-electron chi connectivity index (χ3n) is 8.45. The van der Waals surface area contributed by atoms with Crippen LogP contribution in [0.3, 0.4) is 0 Å². The molecule has 0 saturated heterocycles. The molecule has 45 heavy (non-hydrogen) atoms. The molecule has 14 heteroatoms. The quantitative estimate of drug-likeness (QED) is 0.159. The Kier molecular flexibility index (Phi) is 10.2. The number of rotatable bonds is 11. The molecule has 4 rings (SSSR count). The van der Waals surface area contributed by atoms with Crippen LogP contribution in [0.4, 0.5) is 14.5 Å². The zero-order valence-corrected chi connectivity index (χ0v) is 26.1. The van der Waals surface area contributed by atoms with E-state index in [1.807, 2.05) is 32.0 Å². The SMILES string of the molecule is C/C(=C\C(=O)N[C@H]1CCc2cccc3c2N(C1O)[C@H](C(=O)N[C@@H](CCC(N)=O)C(C)C)C3)c1ccc(C(F)(F)P(=O)(O)O)cc1. The average molecular weight is 649 g/mol. The summed E-state index contributed by atoms with van der Waals surface area (Å²) < 4.78 is 39.2. The van der Waals surface area contributed by atoms with E-state index in [4.69, 9.17) is 15.5 Å². The zero-order valence-electron chi connectivity index (χ0n) is 25.2. The van der Waals surface area contributed by atoms with Gasteiger partial charge in [-0.1, -0.05) is 56.3 Å². The summed E-state index contributed by atoms with van der Waals surface area (Å²) in [7, 11) is -5.72. The van der Waals surface area contributed by atoms with Crippen LogP contribution >= 0.6 is 7.60 Å². The number of aryl methyl sites for hydroxylation is 1. The summed E-state index contributed by atoms with van der Waals surface area (Å²) in [4.78, 5) is 57.7. The summed E-state index contributed by atoms with van der Waals surface area (Å²) in [6, 6.07) is 8.15. The number of halogens is 2. The van der Waals surface area contributed by atoms with Gasteiger partial charge >= 0.3 is 13.3 Å². The van der Waals surface area contributed by atoms with E-state index in [1.54, 1.807) is 11.8 Å². The van der Waals surface area contributed by atoms with Crippen LogP contribution in [0, 0.1) is 5.92 Å². The van der Waals surface area contributed by atoms with Gasteiger partial charge in [0.05, 0.1) is 6.04 Å². The number of hydrogen-bond donors (Lipinski definition) is 6. The number of alkyl halides is 2. The molecule has 0 saturated carbocycles. The van der Waals surface area contributed by atoms with E-state index in [2.05, 4.69) is 10.6 Å². The van der Waals surface area contributed by atoms with E-state index in [0.717, 1.165) is 28.9 Å². The fraction of sp³-hybridized carbons (Fsp3) is 0.452. The number of nitrogens with two attached hydrogens (primary N) is 1. The highest BCUT2D eigenvalue weighted by molar-refractivity contribution is 7.52. The van der Waals surface area contributed by atoms with Crippen molar-refractivity contribution < 1.29 is 42.6 Å². The van der Waals surface area contributed by atoms with Crippen molar-refractivity contribution >= 4 is 36.6 Å². The summed E-state index contributed by atoms with van der Waals surface area (Å²) in [6.45, 7) is 5.44. The predicted octanol–water partition coefficient (Wildman–Crippen LogP) is 2.90. The molecule has 2 aliphatic heterocycles. The van der Waals surface area contributed by atoms with Crippen LogP contribution in [0.15, 0.2) is 48.5 Å². The molecule has 0 spiro atoms. The predicted molar refractivity (Wildman–Crippen MR) is 164 cm³/mol. The molecule has 244 valence electrons. The van der Waals surface area contributed by atoms with Crippen LogP contribution < -0.4 is 21.3 Å². The van der Waals surface area contributed by atoms with Gasteiger partial charge in [-0.25, -0.2) is 0 Å². The molecule has 7 N–H and O–H groups in total. The van der Waals surface area contributed by atoms with Crippen LogP contribution in [0.25, 0.3) is 5.57 Å². The molecule has 3 amide bonds. The largest absolute Gasteiger partial charge is 0.399 e. The molecule has 2 aliphatic rings. The molecule has 0 fully saturated rings. The van der Waals surface area contributed by atoms with Gasteiger partial charge in [0.2, 0.25) is 17.7 Å². The summed E-state index contributed by atoms with van der Waals surface area (Å²) in [5.74, 6) is -1.30. The lowest BCUT2D eigenvalue weighted by Crippen LogP contribution is -2.58. The molecule has 0 aromatic heterocycles. The summed E-state index contributed by atoms with van der Waals surface area (Å²) in [5.41, 5.74) is 3.49. The topological polar surface area (TPSA) is 182 Å². The number of anilines is 1. The van der Waals surface area contributed by atoms with Gasteiger partial charge in [0.15, 0.2) is 0 Å². The van der Waals surface area contributed by atoms with Crippen molar-refractivity contribution in [2.75, 3.05) is 4.90 Å². The number of amides is 3. The number of nitrogens with zero attached hydrogens (tertiary/aromatic N) is 1. The van der Waals surface area contributed by atoms with Crippen molar-refractivity contribution in [3.8, 4) is 0 Å². The third kappa shape index (κ3) is 7.44. The van der Waals surface area contributed by atoms with E-state index in [0.29, 0.717) is 36.8 Å². The molecule has 2 aromatic carbocycles. The Morgan fingerprint density at radius 3 is 2.38 bits per heavy atom. The maximum atomic E-state index is 14.0. The number of aliphatic hydroxyl groups is 1. The number of allylic oxidation sites excluding steroid dienone is 1. The maximum absolute atomic E-state index is 14.0. The average Bonchev–Trinajstić information content (AvgIpc) is 3.30. The van der Waals surface area contributed by atoms with Crippen molar-refractivity contribution in [1.82, 2.24) is 10.6 Å². The van der Waals surface area contributed by atoms with Gasteiger partial charge in [-0.15, -0.1) is 0 Å². The molecule has 0 bridgehead atoms. The lowest BCUT2D eigenvalue weighted by atomic mass is 9.97. The first kappa shape index (κ1) is 34.2. The monoisotopic (exact) mass is 648 g/mol. The summed E-state index contributed by atoms with van der Waals surface area (Å²) >= 11 is 0. The van der Waals surface area contributed by atoms with Gasteiger partial charge in [-0.2, -0.15) is 8.78 Å². The minimum atomic E-state index is -5.72. The van der Waals surface area contributed by atoms with Gasteiger partial charge in [-0.3, -0.25) is 18.9 Å². The van der Waals surface area contributed by atoms with E-state index < -0.39 is 48.9 Å². The van der Waals surface area contributed by atoms with Crippen LogP contribution in [0.1, 0.15) is 62.3 Å². The molecule has 1 unspecified atom stereocenters. The van der Waals surface area contributed by atoms with Crippen molar-refractivity contribution in [1.29, 1.82) is 0 Å². The second-order valence-electron chi connectivity index (χ2n) is 12.0. The Morgan fingerprint density at radius 2 is 1.78 bits per heavy atom. The molecule has 11 nitrogen and oxygen atoms in total. The van der Waals surface area contributed by atoms with Crippen molar-refractivity contribution in [2.45, 2.75) is 82.9 Å². The van der Waals surface area contributed by atoms with Crippen LogP contribution in [-0.4, -0.2) is 57.0 Å². The second kappa shape index (κ2) is 13.4. The molecule has 0 aliphatic carbocycles. The Morgan fingerprint density at radius 1 is 1.13 bits per heavy atom. The fourth-order valence-corrected chi connectivity index (χ4v) is 6.38. The minimum absolute atomic E-state index is 0.0301. The van der Waals surface area contributed by atoms with E-state index in [-0.39, 0.29) is 24.3 Å². The molecule has 2 heterocycles. The fourth-order valence-electron chi connectivity index (χ4n) is 5.90. The molecular weight excluding hydrogens is 609 g/mol. The van der Waals surface area contributed by atoms with Gasteiger partial charge in [0, 0.05) is 36.2 Å². The first-order chi connectivity index (χ1) is 21.0. The first-order valence-corrected chi connectivity index (χ1v) is 16.3. The third-order valence-corrected chi connectivity index (χ3v) is 9.44. The Hall–Kier alpha value is -3.64. The van der Waals surface area contributed by atoms with Crippen molar-refractivity contribution in [2.24, 2.45) is 11.7 Å². The standard InChI is InChI=1S/C31H39F2N4O7P/c1-17(2)23(13-14-26(34)38)36-29(40)25-16-21-6-4-5-20-9-12-24(30(41)37(25)28(20)21)35-27(39)15-18(3)19-7-10-22(11-8-19)31(32,33)45(42,43)44/h4-8,10-11,15,17,23-25,30,41H,9,12-14,16H2,1-3H3,(H2,34,38)(H,35,39)(H,36,40)(H2,42,43,44)/b18-15+/t23-,24-,25-,30?/m0/s1. The number of hydrogen-bond acceptors (Lipinski definition) is 6. The summed E-state index contributed by atoms with van der Waals surface area (Å²) in [6.07, 6.45) is 1.75. The zero-order chi connectivity index (χ0) is 33.3. The van der Waals surface area contributed by atoms with Gasteiger partial charge in [0.1, 0.15) is 12.3 Å². The van der Waals surface area contributed by atoms with Crippen LogP contribution in [-0.2, 0) is 37.5 Å². The number of carbonyl (C=O) groups is 3. The van der Waals surface area contributed by atoms with Crippen LogP contribution in [0.5, 0.6) is 0 Å². The second-order valence-corrected chi connectivity index (χ2v) is 13.6. The van der Waals surface area contributed by atoms with Crippen molar-refractivity contribution in [3.63, 3.8) is 0 Å². The Bertz CT molecular complexity index is 1530. The highest BCUT2D eigenvalue weighted by Crippen LogP contribution is 2.59. The number of carbonyl (C=O) groups excluding carboxylic acids is 3. The molecular formula is C31H39F2N4O7P. The maximum Gasteiger partial charge on any atom is 0.399 e. The van der Waals surface area contributed by atoms with E-state index >= 15 is 0 Å². The minimum Gasteiger partial charge on any atom is -0.371 e. The number of benzene rings is 2.